The van der Waals surface area contributed by atoms with Crippen LogP contribution >= 0.6 is 8.17 Å². The van der Waals surface area contributed by atoms with Crippen LogP contribution in [0.4, 0.5) is 0 Å². The van der Waals surface area contributed by atoms with Gasteiger partial charge in [0.1, 0.15) is 6.61 Å². The second kappa shape index (κ2) is 10.2. The van der Waals surface area contributed by atoms with Crippen LogP contribution in [-0.2, 0) is 38.0 Å². The monoisotopic (exact) mass is 476 g/mol. The Hall–Kier alpha value is -2.11. The molecule has 0 saturated carbocycles. The van der Waals surface area contributed by atoms with Crippen molar-refractivity contribution >= 4 is 26.0 Å². The maximum Gasteiger partial charge on any atom is 0.576 e. The Kier molecular flexibility index (Phi) is 8.35. The number of nitrogens with zero attached hydrogens (tertiary/aromatic N) is 1. The zero-order valence-electron chi connectivity index (χ0n) is 19.1. The summed E-state index contributed by atoms with van der Waals surface area (Å²) in [5, 5.41) is 9.24. The van der Waals surface area contributed by atoms with E-state index < -0.39 is 44.3 Å². The number of carbonyl (C=O) groups excluding carboxylic acids is 3. The van der Waals surface area contributed by atoms with Crippen molar-refractivity contribution in [2.45, 2.75) is 52.6 Å². The number of rotatable bonds is 8. The summed E-state index contributed by atoms with van der Waals surface area (Å²) in [6.45, 7) is 8.63. The zero-order valence-corrected chi connectivity index (χ0v) is 20.0. The third kappa shape index (κ3) is 6.94. The predicted octanol–water partition coefficient (Wildman–Crippen LogP) is 1.63. The lowest BCUT2D eigenvalue weighted by Crippen LogP contribution is -2.50. The summed E-state index contributed by atoms with van der Waals surface area (Å²) in [4.78, 5) is 46.4. The van der Waals surface area contributed by atoms with E-state index in [1.165, 1.54) is 7.11 Å². The summed E-state index contributed by atoms with van der Waals surface area (Å²) in [5.74, 6) is -1.79. The lowest BCUT2D eigenvalue weighted by molar-refractivity contribution is -0.146. The van der Waals surface area contributed by atoms with Crippen LogP contribution in [0.1, 0.15) is 57.2 Å². The maximum absolute atomic E-state index is 12.5. The number of H-pyrrole nitrogens is 1. The average Bonchev–Trinajstić information content (AvgIpc) is 3.21. The van der Waals surface area contributed by atoms with Gasteiger partial charge in [-0.2, -0.15) is 14.5 Å². The Balaban J connectivity index is 1.91. The van der Waals surface area contributed by atoms with Crippen molar-refractivity contribution < 1.29 is 42.3 Å². The van der Waals surface area contributed by atoms with Crippen LogP contribution in [0.25, 0.3) is 0 Å². The number of methoxy groups -OCH3 is 1. The number of aromatic amines is 1. The molecule has 1 fully saturated rings. The van der Waals surface area contributed by atoms with E-state index in [1.807, 2.05) is 20.8 Å². The first-order valence-electron chi connectivity index (χ1n) is 9.94. The molecular weight excluding hydrogens is 445 g/mol. The SMILES string of the molecule is COC(=O)CCNC(=O)[C@@H]1O[P+](O)(OCOC(=O)c2cc(C(C)(C)C)[nH]n2)OCC1(C)C. The second-order valence-electron chi connectivity index (χ2n) is 8.93. The molecule has 1 amide bonds. The summed E-state index contributed by atoms with van der Waals surface area (Å²) in [5.41, 5.74) is -0.219. The van der Waals surface area contributed by atoms with Crippen LogP contribution in [0, 0.1) is 5.41 Å². The molecule has 0 spiro atoms. The third-order valence-electron chi connectivity index (χ3n) is 4.64. The molecule has 1 aliphatic heterocycles. The van der Waals surface area contributed by atoms with Crippen molar-refractivity contribution in [1.29, 1.82) is 0 Å². The Morgan fingerprint density at radius 3 is 2.66 bits per heavy atom. The van der Waals surface area contributed by atoms with Crippen LogP contribution in [0.2, 0.25) is 0 Å². The summed E-state index contributed by atoms with van der Waals surface area (Å²) in [6, 6.07) is 1.57. The Morgan fingerprint density at radius 2 is 2.06 bits per heavy atom. The van der Waals surface area contributed by atoms with Crippen LogP contribution in [-0.4, -0.2) is 66.1 Å². The van der Waals surface area contributed by atoms with Crippen molar-refractivity contribution in [2.24, 2.45) is 5.41 Å². The fourth-order valence-electron chi connectivity index (χ4n) is 2.61. The number of ether oxygens (including phenoxy) is 2. The highest BCUT2D eigenvalue weighted by Gasteiger charge is 2.59. The standard InChI is InChI=1S/C19H30N3O9P/c1-18(2,3)13-9-12(21-22-13)17(25)28-11-30-32(26)29-10-19(4,5)15(31-32)16(24)20-8-7-14(23)27-6/h9,15,26H,7-8,10-11H2,1-6H3,(H-,20,21,22,24,25)/p+1/t15-,32?/m0/s1. The zero-order chi connectivity index (χ0) is 24.2. The van der Waals surface area contributed by atoms with Gasteiger partial charge < -0.3 is 14.8 Å². The van der Waals surface area contributed by atoms with E-state index in [4.69, 9.17) is 18.3 Å². The quantitative estimate of drug-likeness (QED) is 0.286. The fraction of sp³-hybridized carbons (Fsp3) is 0.684. The molecule has 0 aromatic carbocycles. The minimum absolute atomic E-state index is 0.0120. The van der Waals surface area contributed by atoms with Gasteiger partial charge in [0.05, 0.1) is 13.5 Å². The normalized spacial score (nSPS) is 22.8. The van der Waals surface area contributed by atoms with Gasteiger partial charge in [0.15, 0.2) is 11.8 Å². The lowest BCUT2D eigenvalue weighted by Gasteiger charge is -2.36. The summed E-state index contributed by atoms with van der Waals surface area (Å²) >= 11 is 0. The van der Waals surface area contributed by atoms with E-state index in [0.29, 0.717) is 0 Å². The van der Waals surface area contributed by atoms with E-state index in [2.05, 4.69) is 20.3 Å². The molecular formula is C19H31N3O9P+. The number of hydrogen-bond acceptors (Lipinski definition) is 10. The molecule has 12 nitrogen and oxygen atoms in total. The number of carbonyl (C=O) groups is 3. The fourth-order valence-corrected chi connectivity index (χ4v) is 4.14. The minimum Gasteiger partial charge on any atom is -0.469 e. The van der Waals surface area contributed by atoms with Gasteiger partial charge in [0.2, 0.25) is 6.79 Å². The van der Waals surface area contributed by atoms with Crippen LogP contribution < -0.4 is 5.32 Å². The van der Waals surface area contributed by atoms with Gasteiger partial charge in [-0.3, -0.25) is 14.7 Å². The van der Waals surface area contributed by atoms with E-state index >= 15 is 0 Å². The summed E-state index contributed by atoms with van der Waals surface area (Å²) < 4.78 is 25.4. The van der Waals surface area contributed by atoms with Crippen molar-refractivity contribution in [2.75, 3.05) is 27.1 Å². The van der Waals surface area contributed by atoms with E-state index in [1.54, 1.807) is 19.9 Å². The van der Waals surface area contributed by atoms with Gasteiger partial charge in [-0.05, 0) is 6.07 Å². The first kappa shape index (κ1) is 26.1. The first-order valence-corrected chi connectivity index (χ1v) is 11.4. The number of amides is 1. The largest absolute Gasteiger partial charge is 0.576 e. The molecule has 32 heavy (non-hydrogen) atoms. The highest BCUT2D eigenvalue weighted by molar-refractivity contribution is 7.55. The van der Waals surface area contributed by atoms with Crippen LogP contribution in [0.15, 0.2) is 6.07 Å². The number of aromatic nitrogens is 2. The molecule has 0 bridgehead atoms. The van der Waals surface area contributed by atoms with E-state index in [0.717, 1.165) is 5.69 Å². The van der Waals surface area contributed by atoms with Crippen LogP contribution in [0.3, 0.4) is 0 Å². The second-order valence-corrected chi connectivity index (χ2v) is 10.6. The third-order valence-corrected chi connectivity index (χ3v) is 6.01. The molecule has 1 saturated heterocycles. The maximum atomic E-state index is 12.5. The van der Waals surface area contributed by atoms with Crippen molar-refractivity contribution in [3.05, 3.63) is 17.5 Å². The molecule has 1 unspecified atom stereocenters. The molecule has 1 aliphatic rings. The highest BCUT2D eigenvalue weighted by atomic mass is 31.2. The van der Waals surface area contributed by atoms with Crippen molar-refractivity contribution in [1.82, 2.24) is 15.5 Å². The van der Waals surface area contributed by atoms with Gasteiger partial charge in [0.25, 0.3) is 5.91 Å². The van der Waals surface area contributed by atoms with Gasteiger partial charge in [-0.1, -0.05) is 34.6 Å². The predicted molar refractivity (Wildman–Crippen MR) is 112 cm³/mol. The average molecular weight is 476 g/mol. The molecule has 3 N–H and O–H groups in total. The van der Waals surface area contributed by atoms with E-state index in [-0.39, 0.29) is 30.7 Å². The van der Waals surface area contributed by atoms with E-state index in [9.17, 15) is 19.3 Å². The Labute approximate surface area is 186 Å². The smallest absolute Gasteiger partial charge is 0.469 e. The van der Waals surface area contributed by atoms with Crippen molar-refractivity contribution in [3.63, 3.8) is 0 Å². The summed E-state index contributed by atoms with van der Waals surface area (Å²) in [6.07, 6.45) is -1.13. The first-order chi connectivity index (χ1) is 14.8. The summed E-state index contributed by atoms with van der Waals surface area (Å²) in [7, 11) is -2.69. The molecule has 0 aliphatic carbocycles. The molecule has 0 radical (unpaired) electrons. The Morgan fingerprint density at radius 1 is 1.38 bits per heavy atom. The molecule has 1 aromatic rings. The van der Waals surface area contributed by atoms with Gasteiger partial charge in [-0.25, -0.2) is 4.79 Å². The molecule has 2 atom stereocenters. The number of esters is 2. The molecule has 13 heteroatoms. The topological polar surface area (TPSA) is 158 Å². The lowest BCUT2D eigenvalue weighted by atomic mass is 9.87. The number of nitrogens with one attached hydrogen (secondary N) is 2. The van der Waals surface area contributed by atoms with Crippen LogP contribution in [0.5, 0.6) is 0 Å². The minimum atomic E-state index is -3.94. The molecule has 2 heterocycles. The number of hydrogen-bond donors (Lipinski definition) is 3. The van der Waals surface area contributed by atoms with Crippen molar-refractivity contribution in [3.8, 4) is 0 Å². The Bertz CT molecular complexity index is 836. The molecule has 1 aromatic heterocycles. The van der Waals surface area contributed by atoms with Gasteiger partial charge in [0, 0.05) is 23.1 Å². The van der Waals surface area contributed by atoms with Gasteiger partial charge in [-0.15, -0.1) is 9.05 Å². The molecule has 180 valence electrons. The van der Waals surface area contributed by atoms with Gasteiger partial charge >= 0.3 is 20.1 Å². The molecule has 2 rings (SSSR count). The highest BCUT2D eigenvalue weighted by Crippen LogP contribution is 2.63.